The number of carbonyl (C=O) groups is 2. The molecule has 0 unspecified atom stereocenters. The largest absolute Gasteiger partial charge is 0.348 e. The Kier molecular flexibility index (Phi) is 3.35. The van der Waals surface area contributed by atoms with E-state index in [-0.39, 0.29) is 23.7 Å². The lowest BCUT2D eigenvalue weighted by atomic mass is 9.77. The van der Waals surface area contributed by atoms with Crippen LogP contribution < -0.4 is 0 Å². The van der Waals surface area contributed by atoms with Crippen LogP contribution in [0.15, 0.2) is 0 Å². The minimum Gasteiger partial charge on any atom is -0.348 e. The Morgan fingerprint density at radius 3 is 2.58 bits per heavy atom. The van der Waals surface area contributed by atoms with Gasteiger partial charge in [0.15, 0.2) is 5.79 Å². The number of imide groups is 1. The van der Waals surface area contributed by atoms with E-state index >= 15 is 0 Å². The highest BCUT2D eigenvalue weighted by molar-refractivity contribution is 6.05. The van der Waals surface area contributed by atoms with Crippen molar-refractivity contribution in [3.8, 4) is 0 Å². The van der Waals surface area contributed by atoms with Gasteiger partial charge in [-0.05, 0) is 12.8 Å². The number of likely N-dealkylation sites (tertiary alicyclic amines) is 1. The summed E-state index contributed by atoms with van der Waals surface area (Å²) >= 11 is 0. The first-order valence-corrected chi connectivity index (χ1v) is 7.30. The quantitative estimate of drug-likeness (QED) is 0.724. The molecule has 2 aliphatic heterocycles. The van der Waals surface area contributed by atoms with Gasteiger partial charge in [-0.3, -0.25) is 14.5 Å². The van der Waals surface area contributed by atoms with Crippen molar-refractivity contribution >= 4 is 11.8 Å². The second-order valence-electron chi connectivity index (χ2n) is 5.75. The second-order valence-corrected chi connectivity index (χ2v) is 5.75. The molecular weight excluding hydrogens is 246 g/mol. The number of carbonyl (C=O) groups excluding carboxylic acids is 2. The van der Waals surface area contributed by atoms with Crippen LogP contribution in [0.1, 0.15) is 39.0 Å². The summed E-state index contributed by atoms with van der Waals surface area (Å²) in [5, 5.41) is 0. The molecule has 1 saturated carbocycles. The van der Waals surface area contributed by atoms with Gasteiger partial charge in [-0.25, -0.2) is 0 Å². The zero-order valence-corrected chi connectivity index (χ0v) is 11.4. The van der Waals surface area contributed by atoms with Crippen molar-refractivity contribution in [2.45, 2.75) is 44.8 Å². The second kappa shape index (κ2) is 4.87. The van der Waals surface area contributed by atoms with Gasteiger partial charge in [-0.1, -0.05) is 13.3 Å². The maximum Gasteiger partial charge on any atom is 0.233 e. The minimum atomic E-state index is -0.585. The van der Waals surface area contributed by atoms with Crippen molar-refractivity contribution in [1.82, 2.24) is 4.90 Å². The Morgan fingerprint density at radius 1 is 1.21 bits per heavy atom. The van der Waals surface area contributed by atoms with Crippen LogP contribution in [0.25, 0.3) is 0 Å². The highest BCUT2D eigenvalue weighted by Crippen LogP contribution is 2.45. The predicted molar refractivity (Wildman–Crippen MR) is 67.1 cm³/mol. The van der Waals surface area contributed by atoms with E-state index in [9.17, 15) is 9.59 Å². The molecule has 1 aliphatic carbocycles. The fourth-order valence-electron chi connectivity index (χ4n) is 3.52. The summed E-state index contributed by atoms with van der Waals surface area (Å²) in [5.41, 5.74) is 0. The van der Waals surface area contributed by atoms with Gasteiger partial charge in [-0.15, -0.1) is 0 Å². The van der Waals surface area contributed by atoms with Crippen LogP contribution in [0.2, 0.25) is 0 Å². The summed E-state index contributed by atoms with van der Waals surface area (Å²) < 4.78 is 11.4. The van der Waals surface area contributed by atoms with Gasteiger partial charge in [0.25, 0.3) is 0 Å². The topological polar surface area (TPSA) is 55.8 Å². The molecule has 0 aromatic carbocycles. The average molecular weight is 267 g/mol. The number of amides is 2. The Hall–Kier alpha value is -0.940. The van der Waals surface area contributed by atoms with Crippen molar-refractivity contribution < 1.29 is 19.1 Å². The Bertz CT molecular complexity index is 389. The molecule has 2 atom stereocenters. The molecule has 0 N–H and O–H groups in total. The molecule has 3 rings (SSSR count). The number of ether oxygens (including phenoxy) is 2. The first kappa shape index (κ1) is 13.1. The molecule has 0 aromatic heterocycles. The Balaban J connectivity index is 1.74. The first-order chi connectivity index (χ1) is 9.17. The lowest BCUT2D eigenvalue weighted by Gasteiger charge is -2.35. The van der Waals surface area contributed by atoms with E-state index in [1.165, 1.54) is 4.90 Å². The van der Waals surface area contributed by atoms with E-state index < -0.39 is 5.79 Å². The third kappa shape index (κ3) is 2.09. The van der Waals surface area contributed by atoms with Crippen molar-refractivity contribution in [2.75, 3.05) is 19.8 Å². The van der Waals surface area contributed by atoms with Crippen LogP contribution >= 0.6 is 0 Å². The molecule has 0 bridgehead atoms. The molecule has 19 heavy (non-hydrogen) atoms. The fourth-order valence-corrected chi connectivity index (χ4v) is 3.52. The monoisotopic (exact) mass is 267 g/mol. The van der Waals surface area contributed by atoms with Crippen LogP contribution in [-0.2, 0) is 19.1 Å². The van der Waals surface area contributed by atoms with Gasteiger partial charge in [0.1, 0.15) is 0 Å². The van der Waals surface area contributed by atoms with E-state index in [1.807, 2.05) is 0 Å². The molecule has 0 radical (unpaired) electrons. The number of rotatable bonds is 3. The van der Waals surface area contributed by atoms with Gasteiger partial charge >= 0.3 is 0 Å². The smallest absolute Gasteiger partial charge is 0.233 e. The van der Waals surface area contributed by atoms with E-state index in [1.54, 1.807) is 0 Å². The Morgan fingerprint density at radius 2 is 1.89 bits per heavy atom. The Labute approximate surface area is 113 Å². The molecule has 1 spiro atoms. The summed E-state index contributed by atoms with van der Waals surface area (Å²) in [5.74, 6) is -0.936. The van der Waals surface area contributed by atoms with Gasteiger partial charge in [0.05, 0.1) is 25.0 Å². The number of nitrogens with zero attached hydrogens (tertiary/aromatic N) is 1. The lowest BCUT2D eigenvalue weighted by Crippen LogP contribution is -2.41. The van der Waals surface area contributed by atoms with Crippen LogP contribution in [0.5, 0.6) is 0 Å². The maximum atomic E-state index is 12.4. The highest BCUT2D eigenvalue weighted by Gasteiger charge is 2.55. The van der Waals surface area contributed by atoms with Crippen molar-refractivity contribution in [1.29, 1.82) is 0 Å². The van der Waals surface area contributed by atoms with E-state index in [2.05, 4.69) is 6.92 Å². The molecular formula is C14H21NO4. The predicted octanol–water partition coefficient (Wildman–Crippen LogP) is 1.31. The highest BCUT2D eigenvalue weighted by atomic mass is 16.7. The average Bonchev–Trinajstić information content (AvgIpc) is 2.94. The van der Waals surface area contributed by atoms with Gasteiger partial charge < -0.3 is 9.47 Å². The summed E-state index contributed by atoms with van der Waals surface area (Å²) in [6.45, 7) is 3.82. The minimum absolute atomic E-state index is 0.0124. The molecule has 2 saturated heterocycles. The van der Waals surface area contributed by atoms with Crippen LogP contribution in [0.3, 0.4) is 0 Å². The zero-order chi connectivity index (χ0) is 13.5. The van der Waals surface area contributed by atoms with E-state index in [4.69, 9.17) is 9.47 Å². The number of hydrogen-bond donors (Lipinski definition) is 0. The number of unbranched alkanes of at least 4 members (excludes halogenated alkanes) is 1. The summed E-state index contributed by atoms with van der Waals surface area (Å²) in [6, 6.07) is 0. The fraction of sp³-hybridized carbons (Fsp3) is 0.857. The van der Waals surface area contributed by atoms with Gasteiger partial charge in [0, 0.05) is 19.4 Å². The third-order valence-electron chi connectivity index (χ3n) is 4.57. The lowest BCUT2D eigenvalue weighted by molar-refractivity contribution is -0.193. The normalized spacial score (nSPS) is 33.2. The first-order valence-electron chi connectivity index (χ1n) is 7.30. The van der Waals surface area contributed by atoms with Crippen LogP contribution in [0, 0.1) is 11.8 Å². The summed E-state index contributed by atoms with van der Waals surface area (Å²) in [7, 11) is 0. The standard InChI is InChI=1S/C14H21NO4/c1-2-3-6-15-12(16)10-4-5-14(18-7-8-19-14)9-11(10)13(15)17/h10-11H,2-9H2,1H3/t10-,11+/m1/s1. The van der Waals surface area contributed by atoms with E-state index in [0.29, 0.717) is 32.6 Å². The van der Waals surface area contributed by atoms with Crippen molar-refractivity contribution in [2.24, 2.45) is 11.8 Å². The van der Waals surface area contributed by atoms with Crippen molar-refractivity contribution in [3.63, 3.8) is 0 Å². The molecule has 0 aromatic rings. The zero-order valence-electron chi connectivity index (χ0n) is 11.4. The van der Waals surface area contributed by atoms with Crippen LogP contribution in [0.4, 0.5) is 0 Å². The van der Waals surface area contributed by atoms with Gasteiger partial charge in [-0.2, -0.15) is 0 Å². The SMILES string of the molecule is CCCCN1C(=O)[C@H]2CC3(CC[C@H]2C1=O)OCCO3. The summed E-state index contributed by atoms with van der Waals surface area (Å²) in [6.07, 6.45) is 3.86. The molecule has 3 fully saturated rings. The van der Waals surface area contributed by atoms with E-state index in [0.717, 1.165) is 19.3 Å². The van der Waals surface area contributed by atoms with Crippen molar-refractivity contribution in [3.05, 3.63) is 0 Å². The maximum absolute atomic E-state index is 12.4. The number of fused-ring (bicyclic) bond motifs is 1. The molecule has 5 heteroatoms. The molecule has 2 heterocycles. The molecule has 106 valence electrons. The van der Waals surface area contributed by atoms with Crippen LogP contribution in [-0.4, -0.2) is 42.3 Å². The summed E-state index contributed by atoms with van der Waals surface area (Å²) in [4.78, 5) is 26.1. The number of hydrogen-bond acceptors (Lipinski definition) is 4. The molecule has 2 amide bonds. The molecule has 5 nitrogen and oxygen atoms in total. The molecule has 3 aliphatic rings. The third-order valence-corrected chi connectivity index (χ3v) is 4.57. The van der Waals surface area contributed by atoms with Gasteiger partial charge in [0.2, 0.25) is 11.8 Å².